The largest absolute Gasteiger partial charge is 0.450 e. The SMILES string of the molecule is CCc1ccc2oc3c(c(=O)c2c1)[C@@H](c1cccc([N+](=O)[O-])c1)N(c1cc(C)on1)C3=O. The molecule has 0 unspecified atom stereocenters. The van der Waals surface area contributed by atoms with E-state index in [1.54, 1.807) is 31.2 Å². The van der Waals surface area contributed by atoms with Gasteiger partial charge in [0, 0.05) is 18.2 Å². The van der Waals surface area contributed by atoms with Crippen molar-refractivity contribution in [1.82, 2.24) is 5.16 Å². The van der Waals surface area contributed by atoms with Gasteiger partial charge in [-0.15, -0.1) is 0 Å². The number of nitro groups is 1. The average Bonchev–Trinajstić information content (AvgIpc) is 3.34. The van der Waals surface area contributed by atoms with Gasteiger partial charge in [-0.25, -0.2) is 0 Å². The van der Waals surface area contributed by atoms with Crippen molar-refractivity contribution in [2.24, 2.45) is 0 Å². The lowest BCUT2D eigenvalue weighted by Gasteiger charge is -2.22. The molecule has 32 heavy (non-hydrogen) atoms. The summed E-state index contributed by atoms with van der Waals surface area (Å²) in [4.78, 5) is 39.1. The Balaban J connectivity index is 1.82. The molecule has 1 aliphatic rings. The van der Waals surface area contributed by atoms with Crippen LogP contribution < -0.4 is 10.3 Å². The summed E-state index contributed by atoms with van der Waals surface area (Å²) in [6, 6.07) is 11.7. The number of non-ortho nitro benzene ring substituents is 1. The Morgan fingerprint density at radius 3 is 2.66 bits per heavy atom. The number of hydrogen-bond acceptors (Lipinski definition) is 7. The number of nitro benzene ring substituents is 1. The van der Waals surface area contributed by atoms with Crippen LogP contribution in [0.3, 0.4) is 0 Å². The Kier molecular flexibility index (Phi) is 4.40. The number of carbonyl (C=O) groups is 1. The van der Waals surface area contributed by atoms with Crippen LogP contribution in [-0.4, -0.2) is 16.0 Å². The Morgan fingerprint density at radius 2 is 1.97 bits per heavy atom. The standard InChI is InChI=1S/C23H17N3O6/c1-3-13-7-8-17-16(10-13)21(27)19-20(14-5-4-6-15(11-14)26(29)30)25(23(28)22(19)31-17)18-9-12(2)32-24-18/h4-11,20H,3H2,1-2H3/t20-/m1/s1. The topological polar surface area (TPSA) is 120 Å². The summed E-state index contributed by atoms with van der Waals surface area (Å²) < 4.78 is 11.0. The first-order valence-electron chi connectivity index (χ1n) is 10.00. The summed E-state index contributed by atoms with van der Waals surface area (Å²) >= 11 is 0. The van der Waals surface area contributed by atoms with E-state index in [-0.39, 0.29) is 28.3 Å². The second kappa shape index (κ2) is 7.16. The van der Waals surface area contributed by atoms with Crippen molar-refractivity contribution in [2.45, 2.75) is 26.3 Å². The third-order valence-corrected chi connectivity index (χ3v) is 5.60. The van der Waals surface area contributed by atoms with Crippen molar-refractivity contribution >= 4 is 28.4 Å². The molecule has 0 bridgehead atoms. The molecule has 2 aromatic heterocycles. The minimum Gasteiger partial charge on any atom is -0.450 e. The van der Waals surface area contributed by atoms with Gasteiger partial charge in [-0.05, 0) is 36.6 Å². The zero-order chi connectivity index (χ0) is 22.6. The fourth-order valence-corrected chi connectivity index (χ4v) is 4.07. The quantitative estimate of drug-likeness (QED) is 0.349. The summed E-state index contributed by atoms with van der Waals surface area (Å²) in [5, 5.41) is 15.7. The van der Waals surface area contributed by atoms with Crippen molar-refractivity contribution in [2.75, 3.05) is 4.90 Å². The zero-order valence-corrected chi connectivity index (χ0v) is 17.2. The smallest absolute Gasteiger partial charge is 0.296 e. The van der Waals surface area contributed by atoms with Gasteiger partial charge in [0.1, 0.15) is 11.3 Å². The van der Waals surface area contributed by atoms with E-state index in [2.05, 4.69) is 5.16 Å². The number of nitrogens with zero attached hydrogens (tertiary/aromatic N) is 3. The molecule has 0 N–H and O–H groups in total. The lowest BCUT2D eigenvalue weighted by molar-refractivity contribution is -0.384. The van der Waals surface area contributed by atoms with E-state index in [1.165, 1.54) is 23.1 Å². The number of anilines is 1. The minimum atomic E-state index is -0.951. The molecule has 0 spiro atoms. The van der Waals surface area contributed by atoms with E-state index in [0.717, 1.165) is 12.0 Å². The van der Waals surface area contributed by atoms with Gasteiger partial charge < -0.3 is 8.94 Å². The lowest BCUT2D eigenvalue weighted by Crippen LogP contribution is -2.29. The third-order valence-electron chi connectivity index (χ3n) is 5.60. The van der Waals surface area contributed by atoms with E-state index in [9.17, 15) is 19.7 Å². The molecule has 1 amide bonds. The molecule has 1 atom stereocenters. The first kappa shape index (κ1) is 19.7. The predicted molar refractivity (Wildman–Crippen MR) is 115 cm³/mol. The van der Waals surface area contributed by atoms with Crippen LogP contribution in [0.2, 0.25) is 0 Å². The van der Waals surface area contributed by atoms with Gasteiger partial charge in [0.2, 0.25) is 5.76 Å². The van der Waals surface area contributed by atoms with Crippen molar-refractivity contribution in [3.8, 4) is 0 Å². The summed E-state index contributed by atoms with van der Waals surface area (Å²) in [6.45, 7) is 3.65. The highest BCUT2D eigenvalue weighted by Crippen LogP contribution is 2.41. The van der Waals surface area contributed by atoms with Crippen LogP contribution in [0.5, 0.6) is 0 Å². The Morgan fingerprint density at radius 1 is 1.16 bits per heavy atom. The lowest BCUT2D eigenvalue weighted by atomic mass is 9.97. The highest BCUT2D eigenvalue weighted by Gasteiger charge is 2.45. The summed E-state index contributed by atoms with van der Waals surface area (Å²) in [7, 11) is 0. The monoisotopic (exact) mass is 431 g/mol. The van der Waals surface area contributed by atoms with Gasteiger partial charge in [-0.1, -0.05) is 30.3 Å². The van der Waals surface area contributed by atoms with Crippen LogP contribution in [0.1, 0.15) is 46.0 Å². The number of rotatable bonds is 4. The normalized spacial score (nSPS) is 15.4. The predicted octanol–water partition coefficient (Wildman–Crippen LogP) is 4.31. The minimum absolute atomic E-state index is 0.107. The summed E-state index contributed by atoms with van der Waals surface area (Å²) in [5.74, 6) is -0.0148. The number of hydrogen-bond donors (Lipinski definition) is 0. The number of aryl methyl sites for hydroxylation is 2. The van der Waals surface area contributed by atoms with E-state index >= 15 is 0 Å². The maximum atomic E-state index is 13.6. The molecule has 9 nitrogen and oxygen atoms in total. The van der Waals surface area contributed by atoms with Gasteiger partial charge in [0.05, 0.1) is 21.9 Å². The van der Waals surface area contributed by atoms with E-state index in [1.807, 2.05) is 13.0 Å². The maximum absolute atomic E-state index is 13.6. The van der Waals surface area contributed by atoms with Crippen molar-refractivity contribution in [3.05, 3.63) is 97.1 Å². The molecule has 4 aromatic rings. The Labute approximate surface area is 181 Å². The maximum Gasteiger partial charge on any atom is 0.296 e. The molecule has 3 heterocycles. The van der Waals surface area contributed by atoms with Crippen LogP contribution in [0, 0.1) is 17.0 Å². The number of amides is 1. The highest BCUT2D eigenvalue weighted by atomic mass is 16.6. The zero-order valence-electron chi connectivity index (χ0n) is 17.2. The number of benzene rings is 2. The van der Waals surface area contributed by atoms with Crippen molar-refractivity contribution in [1.29, 1.82) is 0 Å². The first-order chi connectivity index (χ1) is 15.4. The molecule has 0 aliphatic carbocycles. The number of aromatic nitrogens is 1. The first-order valence-corrected chi connectivity index (χ1v) is 10.00. The number of carbonyl (C=O) groups excluding carboxylic acids is 1. The van der Waals surface area contributed by atoms with Crippen LogP contribution in [0.15, 0.2) is 62.3 Å². The van der Waals surface area contributed by atoms with Gasteiger partial charge in [0.15, 0.2) is 11.2 Å². The molecular formula is C23H17N3O6. The van der Waals surface area contributed by atoms with Gasteiger partial charge >= 0.3 is 0 Å². The summed E-state index contributed by atoms with van der Waals surface area (Å²) in [6.07, 6.45) is 0.726. The highest BCUT2D eigenvalue weighted by molar-refractivity contribution is 6.10. The Hall–Kier alpha value is -4.27. The molecular weight excluding hydrogens is 414 g/mol. The van der Waals surface area contributed by atoms with E-state index in [0.29, 0.717) is 22.3 Å². The van der Waals surface area contributed by atoms with Crippen molar-refractivity contribution in [3.63, 3.8) is 0 Å². The van der Waals surface area contributed by atoms with Crippen LogP contribution >= 0.6 is 0 Å². The molecule has 2 aromatic carbocycles. The summed E-state index contributed by atoms with van der Waals surface area (Å²) in [5.41, 5.74) is 1.25. The second-order valence-corrected chi connectivity index (χ2v) is 7.58. The van der Waals surface area contributed by atoms with Gasteiger partial charge in [0.25, 0.3) is 11.6 Å². The molecule has 160 valence electrons. The second-order valence-electron chi connectivity index (χ2n) is 7.58. The fraction of sp³-hybridized carbons (Fsp3) is 0.174. The van der Waals surface area contributed by atoms with Gasteiger partial charge in [-0.3, -0.25) is 24.6 Å². The molecule has 0 saturated carbocycles. The van der Waals surface area contributed by atoms with Crippen LogP contribution in [-0.2, 0) is 6.42 Å². The van der Waals surface area contributed by atoms with Crippen LogP contribution in [0.25, 0.3) is 11.0 Å². The van der Waals surface area contributed by atoms with Gasteiger partial charge in [-0.2, -0.15) is 0 Å². The molecule has 0 saturated heterocycles. The number of fused-ring (bicyclic) bond motifs is 2. The average molecular weight is 431 g/mol. The van der Waals surface area contributed by atoms with Crippen LogP contribution in [0.4, 0.5) is 11.5 Å². The van der Waals surface area contributed by atoms with E-state index < -0.39 is 16.9 Å². The fourth-order valence-electron chi connectivity index (χ4n) is 4.07. The molecule has 9 heteroatoms. The Bertz CT molecular complexity index is 1470. The van der Waals surface area contributed by atoms with Crippen molar-refractivity contribution < 1.29 is 18.7 Å². The molecule has 0 radical (unpaired) electrons. The molecule has 0 fully saturated rings. The third kappa shape index (κ3) is 2.89. The van der Waals surface area contributed by atoms with E-state index in [4.69, 9.17) is 8.94 Å². The molecule has 5 rings (SSSR count). The molecule has 1 aliphatic heterocycles.